The highest BCUT2D eigenvalue weighted by molar-refractivity contribution is 8.01. The Hall–Kier alpha value is -1.61. The van der Waals surface area contributed by atoms with E-state index in [4.69, 9.17) is 16.3 Å². The molecule has 10 heteroatoms. The van der Waals surface area contributed by atoms with E-state index in [0.717, 1.165) is 0 Å². The zero-order valence-corrected chi connectivity index (χ0v) is 15.3. The zero-order valence-electron chi connectivity index (χ0n) is 13.7. The molecule has 26 heavy (non-hydrogen) atoms. The van der Waals surface area contributed by atoms with Crippen LogP contribution in [0.2, 0.25) is 5.02 Å². The maximum atomic E-state index is 12.7. The fourth-order valence-corrected chi connectivity index (χ4v) is 4.72. The molecule has 0 spiro atoms. The molecule has 2 aliphatic rings. The summed E-state index contributed by atoms with van der Waals surface area (Å²) >= 11 is 7.41. The Kier molecular flexibility index (Phi) is 5.04. The summed E-state index contributed by atoms with van der Waals surface area (Å²) in [6.45, 7) is 0.423. The number of ether oxygens (including phenoxy) is 1. The van der Waals surface area contributed by atoms with Crippen LogP contribution >= 0.6 is 23.4 Å². The van der Waals surface area contributed by atoms with Gasteiger partial charge in [0, 0.05) is 17.2 Å². The average molecular weight is 409 g/mol. The number of hydrogen-bond donors (Lipinski definition) is 1. The SMILES string of the molecule is CC12CCC(=O)N1C(C(=O)Nc1cc(Cl)ccc1OCC(F)(F)F)CS2. The molecule has 0 radical (unpaired) electrons. The summed E-state index contributed by atoms with van der Waals surface area (Å²) in [5, 5.41) is 2.80. The van der Waals surface area contributed by atoms with Gasteiger partial charge in [0.15, 0.2) is 6.61 Å². The number of nitrogens with zero attached hydrogens (tertiary/aromatic N) is 1. The number of hydrogen-bond acceptors (Lipinski definition) is 4. The topological polar surface area (TPSA) is 58.6 Å². The van der Waals surface area contributed by atoms with Gasteiger partial charge in [0.25, 0.3) is 0 Å². The summed E-state index contributed by atoms with van der Waals surface area (Å²) in [6.07, 6.45) is -3.46. The molecule has 1 aromatic rings. The molecular formula is C16H16ClF3N2O3S. The predicted octanol–water partition coefficient (Wildman–Crippen LogP) is 3.67. The fraction of sp³-hybridized carbons (Fsp3) is 0.500. The van der Waals surface area contributed by atoms with Crippen LogP contribution in [-0.4, -0.2) is 46.2 Å². The number of carbonyl (C=O) groups is 2. The van der Waals surface area contributed by atoms with Crippen LogP contribution in [0, 0.1) is 0 Å². The van der Waals surface area contributed by atoms with Gasteiger partial charge in [0.1, 0.15) is 11.8 Å². The highest BCUT2D eigenvalue weighted by atomic mass is 35.5. The van der Waals surface area contributed by atoms with E-state index >= 15 is 0 Å². The van der Waals surface area contributed by atoms with Crippen molar-refractivity contribution in [1.29, 1.82) is 0 Å². The molecule has 1 aromatic carbocycles. The Bertz CT molecular complexity index is 746. The van der Waals surface area contributed by atoms with Crippen molar-refractivity contribution in [2.24, 2.45) is 0 Å². The van der Waals surface area contributed by atoms with Gasteiger partial charge in [0.2, 0.25) is 11.8 Å². The zero-order chi connectivity index (χ0) is 19.1. The minimum Gasteiger partial charge on any atom is -0.482 e. The number of amides is 2. The van der Waals surface area contributed by atoms with E-state index in [9.17, 15) is 22.8 Å². The van der Waals surface area contributed by atoms with E-state index in [1.54, 1.807) is 4.90 Å². The Labute approximate surface area is 157 Å². The van der Waals surface area contributed by atoms with Gasteiger partial charge < -0.3 is 15.0 Å². The standard InChI is InChI=1S/C16H16ClF3N2O3S/c1-15-5-4-13(23)22(15)11(7-26-15)14(24)21-10-6-9(17)2-3-12(10)25-8-16(18,19)20/h2-3,6,11H,4-5,7-8H2,1H3,(H,21,24). The highest BCUT2D eigenvalue weighted by Gasteiger charge is 2.52. The molecule has 2 unspecified atom stereocenters. The molecule has 1 N–H and O–H groups in total. The van der Waals surface area contributed by atoms with Crippen LogP contribution < -0.4 is 10.1 Å². The van der Waals surface area contributed by atoms with Gasteiger partial charge in [-0.3, -0.25) is 9.59 Å². The molecule has 0 bridgehead atoms. The van der Waals surface area contributed by atoms with Gasteiger partial charge >= 0.3 is 6.18 Å². The third kappa shape index (κ3) is 3.88. The lowest BCUT2D eigenvalue weighted by Crippen LogP contribution is -2.48. The number of nitrogens with one attached hydrogen (secondary N) is 1. The van der Waals surface area contributed by atoms with E-state index in [1.165, 1.54) is 30.0 Å². The minimum atomic E-state index is -4.51. The van der Waals surface area contributed by atoms with E-state index in [0.29, 0.717) is 18.6 Å². The van der Waals surface area contributed by atoms with Gasteiger partial charge in [0.05, 0.1) is 10.6 Å². The first-order valence-corrected chi connectivity index (χ1v) is 9.21. The third-order valence-corrected chi connectivity index (χ3v) is 6.08. The fourth-order valence-electron chi connectivity index (χ4n) is 3.12. The number of benzene rings is 1. The number of anilines is 1. The number of rotatable bonds is 4. The number of thioether (sulfide) groups is 1. The molecule has 2 atom stereocenters. The maximum absolute atomic E-state index is 12.7. The van der Waals surface area contributed by atoms with Crippen molar-refractivity contribution in [3.8, 4) is 5.75 Å². The van der Waals surface area contributed by atoms with Gasteiger partial charge in [-0.2, -0.15) is 13.2 Å². The second-order valence-corrected chi connectivity index (χ2v) is 8.24. The summed E-state index contributed by atoms with van der Waals surface area (Å²) in [5.74, 6) is -0.290. The van der Waals surface area contributed by atoms with Crippen LogP contribution in [0.1, 0.15) is 19.8 Å². The van der Waals surface area contributed by atoms with Crippen molar-refractivity contribution in [3.63, 3.8) is 0 Å². The molecule has 0 aromatic heterocycles. The molecule has 2 aliphatic heterocycles. The molecule has 3 rings (SSSR count). The van der Waals surface area contributed by atoms with E-state index < -0.39 is 29.6 Å². The van der Waals surface area contributed by atoms with Crippen molar-refractivity contribution in [2.45, 2.75) is 36.9 Å². The number of alkyl halides is 3. The molecule has 142 valence electrons. The van der Waals surface area contributed by atoms with Gasteiger partial charge in [-0.15, -0.1) is 11.8 Å². The van der Waals surface area contributed by atoms with Crippen LogP contribution in [0.4, 0.5) is 18.9 Å². The molecule has 2 heterocycles. The Morgan fingerprint density at radius 1 is 1.50 bits per heavy atom. The maximum Gasteiger partial charge on any atom is 0.422 e. The first-order chi connectivity index (χ1) is 12.1. The number of fused-ring (bicyclic) bond motifs is 1. The Balaban J connectivity index is 1.77. The molecule has 0 saturated carbocycles. The first-order valence-electron chi connectivity index (χ1n) is 7.85. The van der Waals surface area contributed by atoms with Crippen molar-refractivity contribution in [2.75, 3.05) is 17.7 Å². The summed E-state index contributed by atoms with van der Waals surface area (Å²) in [5.41, 5.74) is 0.0389. The molecular weight excluding hydrogens is 393 g/mol. The largest absolute Gasteiger partial charge is 0.482 e. The molecule has 0 aliphatic carbocycles. The lowest BCUT2D eigenvalue weighted by Gasteiger charge is -2.30. The third-order valence-electron chi connectivity index (χ3n) is 4.34. The lowest BCUT2D eigenvalue weighted by atomic mass is 10.2. The van der Waals surface area contributed by atoms with Crippen LogP contribution in [0.5, 0.6) is 5.75 Å². The molecule has 2 amide bonds. The molecule has 2 saturated heterocycles. The summed E-state index contributed by atoms with van der Waals surface area (Å²) in [7, 11) is 0. The quantitative estimate of drug-likeness (QED) is 0.825. The number of halogens is 4. The van der Waals surface area contributed by atoms with Crippen LogP contribution in [0.25, 0.3) is 0 Å². The smallest absolute Gasteiger partial charge is 0.422 e. The summed E-state index contributed by atoms with van der Waals surface area (Å²) in [4.78, 5) is 25.9. The van der Waals surface area contributed by atoms with Crippen molar-refractivity contribution in [3.05, 3.63) is 23.2 Å². The van der Waals surface area contributed by atoms with Crippen molar-refractivity contribution in [1.82, 2.24) is 4.90 Å². The number of carbonyl (C=O) groups excluding carboxylic acids is 2. The summed E-state index contributed by atoms with van der Waals surface area (Å²) < 4.78 is 42.0. The van der Waals surface area contributed by atoms with E-state index in [1.807, 2.05) is 6.92 Å². The van der Waals surface area contributed by atoms with E-state index in [2.05, 4.69) is 5.32 Å². The highest BCUT2D eigenvalue weighted by Crippen LogP contribution is 2.47. The monoisotopic (exact) mass is 408 g/mol. The van der Waals surface area contributed by atoms with Crippen LogP contribution in [0.3, 0.4) is 0 Å². The lowest BCUT2D eigenvalue weighted by molar-refractivity contribution is -0.153. The van der Waals surface area contributed by atoms with Gasteiger partial charge in [-0.1, -0.05) is 11.6 Å². The van der Waals surface area contributed by atoms with Crippen molar-refractivity contribution >= 4 is 40.9 Å². The van der Waals surface area contributed by atoms with Crippen molar-refractivity contribution < 1.29 is 27.5 Å². The average Bonchev–Trinajstić information content (AvgIpc) is 3.02. The Morgan fingerprint density at radius 2 is 2.23 bits per heavy atom. The van der Waals surface area contributed by atoms with E-state index in [-0.39, 0.29) is 22.4 Å². The second kappa shape index (κ2) is 6.84. The van der Waals surface area contributed by atoms with Gasteiger partial charge in [-0.05, 0) is 31.5 Å². The molecule has 2 fully saturated rings. The summed E-state index contributed by atoms with van der Waals surface area (Å²) in [6, 6.07) is 3.26. The molecule has 5 nitrogen and oxygen atoms in total. The first kappa shape index (κ1) is 19.2. The van der Waals surface area contributed by atoms with Crippen LogP contribution in [0.15, 0.2) is 18.2 Å². The van der Waals surface area contributed by atoms with Crippen LogP contribution in [-0.2, 0) is 9.59 Å². The second-order valence-electron chi connectivity index (χ2n) is 6.30. The minimum absolute atomic E-state index is 0.0389. The van der Waals surface area contributed by atoms with Gasteiger partial charge in [-0.25, -0.2) is 0 Å². The normalized spacial score (nSPS) is 25.3. The predicted molar refractivity (Wildman–Crippen MR) is 92.4 cm³/mol. The Morgan fingerprint density at radius 3 is 2.92 bits per heavy atom.